The van der Waals surface area contributed by atoms with Gasteiger partial charge in [0.25, 0.3) is 5.91 Å². The molecule has 1 fully saturated rings. The fourth-order valence-corrected chi connectivity index (χ4v) is 3.85. The minimum Gasteiger partial charge on any atom is -0.495 e. The Bertz CT molecular complexity index is 1250. The van der Waals surface area contributed by atoms with Crippen molar-refractivity contribution >= 4 is 39.9 Å². The third-order valence-electron chi connectivity index (χ3n) is 5.31. The number of amides is 2. The molecule has 0 unspecified atom stereocenters. The summed E-state index contributed by atoms with van der Waals surface area (Å²) in [5.74, 6) is -2.10. The Hall–Kier alpha value is -4.07. The monoisotopic (exact) mass is 400 g/mol. The first-order valence-corrected chi connectivity index (χ1v) is 9.34. The summed E-state index contributed by atoms with van der Waals surface area (Å²) >= 11 is 0. The standard InChI is InChI=1S/C22H16N4O4/c1-30-16-9-5-4-8-15(16)26-21(28)17-18(24-25-19(17)22(26)29)20(27)14-11-10-12-6-2-3-7-13(12)23-14/h2-11,17,19,25H,1H3/t17-,19-/m0/s1. The smallest absolute Gasteiger partial charge is 0.259 e. The second-order valence-electron chi connectivity index (χ2n) is 6.98. The van der Waals surface area contributed by atoms with Gasteiger partial charge >= 0.3 is 0 Å². The lowest BCUT2D eigenvalue weighted by atomic mass is 9.94. The van der Waals surface area contributed by atoms with E-state index in [9.17, 15) is 14.4 Å². The van der Waals surface area contributed by atoms with Crippen LogP contribution in [-0.4, -0.2) is 41.4 Å². The Morgan fingerprint density at radius 1 is 1.00 bits per heavy atom. The van der Waals surface area contributed by atoms with Gasteiger partial charge in [0.15, 0.2) is 0 Å². The molecule has 1 N–H and O–H groups in total. The number of pyridine rings is 1. The van der Waals surface area contributed by atoms with Crippen molar-refractivity contribution in [3.63, 3.8) is 0 Å². The number of carbonyl (C=O) groups is 3. The van der Waals surface area contributed by atoms with E-state index in [1.165, 1.54) is 7.11 Å². The quantitative estimate of drug-likeness (QED) is 0.531. The number of hydrazone groups is 1. The van der Waals surface area contributed by atoms with Gasteiger partial charge in [-0.25, -0.2) is 9.88 Å². The molecule has 1 aromatic heterocycles. The second-order valence-corrected chi connectivity index (χ2v) is 6.98. The van der Waals surface area contributed by atoms with Gasteiger partial charge in [-0.2, -0.15) is 5.10 Å². The van der Waals surface area contributed by atoms with E-state index >= 15 is 0 Å². The summed E-state index contributed by atoms with van der Waals surface area (Å²) in [5.41, 5.74) is 3.82. The van der Waals surface area contributed by atoms with Gasteiger partial charge in [0.2, 0.25) is 11.7 Å². The minimum absolute atomic E-state index is 0.0153. The average molecular weight is 400 g/mol. The van der Waals surface area contributed by atoms with Gasteiger partial charge in [-0.15, -0.1) is 0 Å². The van der Waals surface area contributed by atoms with E-state index in [1.54, 1.807) is 42.5 Å². The molecule has 0 aliphatic carbocycles. The number of ketones is 1. The molecule has 2 aliphatic heterocycles. The van der Waals surface area contributed by atoms with Gasteiger partial charge < -0.3 is 4.74 Å². The van der Waals surface area contributed by atoms with E-state index in [-0.39, 0.29) is 11.4 Å². The van der Waals surface area contributed by atoms with E-state index in [4.69, 9.17) is 4.74 Å². The number of benzene rings is 2. The van der Waals surface area contributed by atoms with E-state index < -0.39 is 29.6 Å². The SMILES string of the molecule is COc1ccccc1N1C(=O)[C@H]2C(C(=O)c3ccc4ccccc4n3)=NN[C@@H]2C1=O. The highest BCUT2D eigenvalue weighted by molar-refractivity contribution is 6.52. The lowest BCUT2D eigenvalue weighted by Gasteiger charge is -2.18. The van der Waals surface area contributed by atoms with E-state index in [2.05, 4.69) is 15.5 Å². The maximum Gasteiger partial charge on any atom is 0.259 e. The predicted octanol–water partition coefficient (Wildman–Crippen LogP) is 1.94. The number of aromatic nitrogens is 1. The van der Waals surface area contributed by atoms with Gasteiger partial charge in [0, 0.05) is 5.39 Å². The molecule has 5 rings (SSSR count). The summed E-state index contributed by atoms with van der Waals surface area (Å²) < 4.78 is 5.29. The second kappa shape index (κ2) is 6.77. The van der Waals surface area contributed by atoms with Crippen LogP contribution in [-0.2, 0) is 9.59 Å². The van der Waals surface area contributed by atoms with Crippen LogP contribution >= 0.6 is 0 Å². The van der Waals surface area contributed by atoms with Gasteiger partial charge in [-0.05, 0) is 24.3 Å². The van der Waals surface area contributed by atoms with Gasteiger partial charge in [0.1, 0.15) is 29.1 Å². The predicted molar refractivity (Wildman–Crippen MR) is 109 cm³/mol. The number of Topliss-reactive ketones (excluding diaryl/α,β-unsaturated/α-hetero) is 1. The largest absolute Gasteiger partial charge is 0.495 e. The molecule has 0 radical (unpaired) electrons. The minimum atomic E-state index is -1.01. The van der Waals surface area contributed by atoms with Crippen LogP contribution in [0, 0.1) is 5.92 Å². The molecule has 3 heterocycles. The lowest BCUT2D eigenvalue weighted by Crippen LogP contribution is -2.36. The molecule has 2 aliphatic rings. The molecule has 8 nitrogen and oxygen atoms in total. The average Bonchev–Trinajstić information content (AvgIpc) is 3.33. The number of anilines is 1. The fraction of sp³-hybridized carbons (Fsp3) is 0.136. The first-order valence-electron chi connectivity index (χ1n) is 9.34. The Kier molecular flexibility index (Phi) is 4.06. The molecule has 0 saturated carbocycles. The fourth-order valence-electron chi connectivity index (χ4n) is 3.85. The van der Waals surface area contributed by atoms with Crippen LogP contribution in [0.3, 0.4) is 0 Å². The van der Waals surface area contributed by atoms with Gasteiger partial charge in [-0.1, -0.05) is 36.4 Å². The normalized spacial score (nSPS) is 20.2. The van der Waals surface area contributed by atoms with Crippen molar-refractivity contribution < 1.29 is 19.1 Å². The van der Waals surface area contributed by atoms with Crippen LogP contribution in [0.4, 0.5) is 5.69 Å². The Morgan fingerprint density at radius 3 is 2.60 bits per heavy atom. The molecule has 2 amide bonds. The molecule has 3 aromatic rings. The van der Waals surface area contributed by atoms with Crippen molar-refractivity contribution in [3.8, 4) is 5.75 Å². The van der Waals surface area contributed by atoms with Crippen molar-refractivity contribution in [2.75, 3.05) is 12.0 Å². The zero-order valence-electron chi connectivity index (χ0n) is 15.9. The highest BCUT2D eigenvalue weighted by Crippen LogP contribution is 2.36. The number of ether oxygens (including phenoxy) is 1. The van der Waals surface area contributed by atoms with Crippen LogP contribution < -0.4 is 15.1 Å². The van der Waals surface area contributed by atoms with Crippen LogP contribution in [0.1, 0.15) is 10.5 Å². The van der Waals surface area contributed by atoms with Gasteiger partial charge in [0.05, 0.1) is 18.3 Å². The molecule has 0 bridgehead atoms. The molecular formula is C22H16N4O4. The first-order chi connectivity index (χ1) is 14.6. The highest BCUT2D eigenvalue weighted by atomic mass is 16.5. The molecule has 148 valence electrons. The molecule has 30 heavy (non-hydrogen) atoms. The number of carbonyl (C=O) groups excluding carboxylic acids is 3. The number of rotatable bonds is 4. The number of nitrogens with one attached hydrogen (secondary N) is 1. The third kappa shape index (κ3) is 2.57. The molecule has 8 heteroatoms. The topological polar surface area (TPSA) is 101 Å². The first kappa shape index (κ1) is 18.0. The van der Waals surface area contributed by atoms with Crippen molar-refractivity contribution in [1.82, 2.24) is 10.4 Å². The Balaban J connectivity index is 1.49. The Morgan fingerprint density at radius 2 is 1.77 bits per heavy atom. The number of para-hydroxylation sites is 3. The molecule has 0 spiro atoms. The maximum absolute atomic E-state index is 13.2. The molecule has 2 atom stereocenters. The van der Waals surface area contributed by atoms with E-state index in [1.807, 2.05) is 18.2 Å². The van der Waals surface area contributed by atoms with Gasteiger partial charge in [-0.3, -0.25) is 19.8 Å². The summed E-state index contributed by atoms with van der Waals surface area (Å²) in [5, 5.41) is 4.92. The number of fused-ring (bicyclic) bond motifs is 2. The van der Waals surface area contributed by atoms with Crippen molar-refractivity contribution in [2.45, 2.75) is 6.04 Å². The summed E-state index contributed by atoms with van der Waals surface area (Å²) in [6.07, 6.45) is 0. The zero-order valence-corrected chi connectivity index (χ0v) is 15.9. The van der Waals surface area contributed by atoms with E-state index in [0.29, 0.717) is 17.0 Å². The van der Waals surface area contributed by atoms with Crippen molar-refractivity contribution in [2.24, 2.45) is 11.0 Å². The lowest BCUT2D eigenvalue weighted by molar-refractivity contribution is -0.122. The van der Waals surface area contributed by atoms with Crippen molar-refractivity contribution in [1.29, 1.82) is 0 Å². The zero-order chi connectivity index (χ0) is 20.8. The number of imide groups is 1. The summed E-state index contributed by atoms with van der Waals surface area (Å²) in [4.78, 5) is 44.7. The van der Waals surface area contributed by atoms with Crippen molar-refractivity contribution in [3.05, 3.63) is 66.4 Å². The summed E-state index contributed by atoms with van der Waals surface area (Å²) in [6.45, 7) is 0. The summed E-state index contributed by atoms with van der Waals surface area (Å²) in [6, 6.07) is 16.6. The number of hydrogen-bond donors (Lipinski definition) is 1. The van der Waals surface area contributed by atoms with E-state index in [0.717, 1.165) is 10.3 Å². The van der Waals surface area contributed by atoms with Crippen LogP contribution in [0.5, 0.6) is 5.75 Å². The number of nitrogens with zero attached hydrogens (tertiary/aromatic N) is 3. The highest BCUT2D eigenvalue weighted by Gasteiger charge is 2.55. The number of hydrogen-bond acceptors (Lipinski definition) is 7. The van der Waals surface area contributed by atoms with Crippen LogP contribution in [0.2, 0.25) is 0 Å². The molecule has 2 aromatic carbocycles. The van der Waals surface area contributed by atoms with Crippen LogP contribution in [0.15, 0.2) is 65.8 Å². The summed E-state index contributed by atoms with van der Waals surface area (Å²) in [7, 11) is 1.46. The van der Waals surface area contributed by atoms with Crippen LogP contribution in [0.25, 0.3) is 10.9 Å². The third-order valence-corrected chi connectivity index (χ3v) is 5.31. The molecular weight excluding hydrogens is 384 g/mol. The molecule has 1 saturated heterocycles. The maximum atomic E-state index is 13.2. The Labute approximate surface area is 171 Å². The number of methoxy groups -OCH3 is 1.